The molecule has 0 saturated carbocycles. The zero-order valence-corrected chi connectivity index (χ0v) is 9.26. The summed E-state index contributed by atoms with van der Waals surface area (Å²) in [7, 11) is 1.32. The van der Waals surface area contributed by atoms with E-state index in [-0.39, 0.29) is 30.3 Å². The Morgan fingerprint density at radius 3 is 3.00 bits per heavy atom. The molecule has 0 N–H and O–H groups in total. The molecule has 0 spiro atoms. The summed E-state index contributed by atoms with van der Waals surface area (Å²) in [4.78, 5) is 22.8. The van der Waals surface area contributed by atoms with Gasteiger partial charge in [-0.15, -0.1) is 0 Å². The fraction of sp³-hybridized carbons (Fsp3) is 0.636. The van der Waals surface area contributed by atoms with Crippen LogP contribution in [-0.4, -0.2) is 31.8 Å². The Hall–Kier alpha value is -1.52. The maximum atomic E-state index is 11.5. The van der Waals surface area contributed by atoms with Gasteiger partial charge in [-0.1, -0.05) is 0 Å². The van der Waals surface area contributed by atoms with Crippen molar-refractivity contribution in [1.29, 1.82) is 0 Å². The van der Waals surface area contributed by atoms with E-state index in [1.165, 1.54) is 13.4 Å². The first-order chi connectivity index (χ1) is 7.63. The Morgan fingerprint density at radius 2 is 2.31 bits per heavy atom. The van der Waals surface area contributed by atoms with Crippen LogP contribution in [-0.2, 0) is 23.8 Å². The van der Waals surface area contributed by atoms with Gasteiger partial charge in [0.25, 0.3) is 0 Å². The molecule has 3 atom stereocenters. The Labute approximate surface area is 93.4 Å². The molecule has 0 bridgehead atoms. The average molecular weight is 226 g/mol. The lowest BCUT2D eigenvalue weighted by Crippen LogP contribution is -2.42. The number of esters is 2. The van der Waals surface area contributed by atoms with Crippen LogP contribution in [0.15, 0.2) is 11.8 Å². The number of rotatable bonds is 1. The Morgan fingerprint density at radius 1 is 1.56 bits per heavy atom. The molecule has 2 aliphatic rings. The van der Waals surface area contributed by atoms with E-state index in [1.54, 1.807) is 0 Å². The summed E-state index contributed by atoms with van der Waals surface area (Å²) in [5.74, 6) is -0.809. The highest BCUT2D eigenvalue weighted by molar-refractivity contribution is 5.90. The van der Waals surface area contributed by atoms with E-state index in [9.17, 15) is 9.59 Å². The normalized spacial score (nSPS) is 33.0. The van der Waals surface area contributed by atoms with Gasteiger partial charge in [0.05, 0.1) is 32.0 Å². The fourth-order valence-electron chi connectivity index (χ4n) is 2.18. The second-order valence-corrected chi connectivity index (χ2v) is 4.06. The molecule has 0 amide bonds. The van der Waals surface area contributed by atoms with Crippen molar-refractivity contribution in [2.75, 3.05) is 13.7 Å². The standard InChI is InChI=1S/C11H14O5/c1-6-8-4-16-10(12)3-7(8)9(5-15-6)11(13)14-2/h5-8H,3-4H2,1-2H3. The molecule has 0 aromatic carbocycles. The lowest BCUT2D eigenvalue weighted by atomic mass is 9.78. The zero-order chi connectivity index (χ0) is 11.7. The maximum Gasteiger partial charge on any atom is 0.337 e. The summed E-state index contributed by atoms with van der Waals surface area (Å²) in [6.45, 7) is 2.21. The van der Waals surface area contributed by atoms with Crippen molar-refractivity contribution in [3.63, 3.8) is 0 Å². The molecular weight excluding hydrogens is 212 g/mol. The third kappa shape index (κ3) is 1.77. The number of fused-ring (bicyclic) bond motifs is 1. The van der Waals surface area contributed by atoms with Crippen molar-refractivity contribution < 1.29 is 23.8 Å². The number of methoxy groups -OCH3 is 1. The predicted octanol–water partition coefficient (Wildman–Crippen LogP) is 0.641. The van der Waals surface area contributed by atoms with Crippen LogP contribution in [0.1, 0.15) is 13.3 Å². The predicted molar refractivity (Wildman–Crippen MR) is 53.2 cm³/mol. The highest BCUT2D eigenvalue weighted by Gasteiger charge is 2.42. The lowest BCUT2D eigenvalue weighted by molar-refractivity contribution is -0.157. The number of hydrogen-bond acceptors (Lipinski definition) is 5. The van der Waals surface area contributed by atoms with Crippen LogP contribution in [0.5, 0.6) is 0 Å². The summed E-state index contributed by atoms with van der Waals surface area (Å²) in [6.07, 6.45) is 1.58. The minimum absolute atomic E-state index is 0.0387. The van der Waals surface area contributed by atoms with E-state index in [1.807, 2.05) is 6.92 Å². The highest BCUT2D eigenvalue weighted by Crippen LogP contribution is 2.36. The average Bonchev–Trinajstić information content (AvgIpc) is 2.28. The first-order valence-corrected chi connectivity index (χ1v) is 5.23. The molecule has 0 aliphatic carbocycles. The van der Waals surface area contributed by atoms with Crippen LogP contribution in [0.25, 0.3) is 0 Å². The number of ether oxygens (including phenoxy) is 3. The number of carbonyl (C=O) groups is 2. The first kappa shape index (κ1) is 11.0. The fourth-order valence-corrected chi connectivity index (χ4v) is 2.18. The van der Waals surface area contributed by atoms with Gasteiger partial charge >= 0.3 is 11.9 Å². The number of cyclic esters (lactones) is 1. The summed E-state index contributed by atoms with van der Waals surface area (Å²) >= 11 is 0. The van der Waals surface area contributed by atoms with Gasteiger partial charge in [0.15, 0.2) is 0 Å². The Kier molecular flexibility index (Phi) is 2.85. The molecule has 0 aromatic rings. The van der Waals surface area contributed by atoms with E-state index >= 15 is 0 Å². The van der Waals surface area contributed by atoms with Crippen LogP contribution < -0.4 is 0 Å². The van der Waals surface area contributed by atoms with Crippen molar-refractivity contribution in [3.8, 4) is 0 Å². The van der Waals surface area contributed by atoms with Gasteiger partial charge in [-0.05, 0) is 6.92 Å². The molecule has 16 heavy (non-hydrogen) atoms. The van der Waals surface area contributed by atoms with Gasteiger partial charge in [0.2, 0.25) is 0 Å². The molecule has 5 heteroatoms. The van der Waals surface area contributed by atoms with Crippen molar-refractivity contribution in [1.82, 2.24) is 0 Å². The van der Waals surface area contributed by atoms with Crippen molar-refractivity contribution in [3.05, 3.63) is 11.8 Å². The van der Waals surface area contributed by atoms with Crippen LogP contribution >= 0.6 is 0 Å². The number of hydrogen-bond donors (Lipinski definition) is 0. The molecule has 0 radical (unpaired) electrons. The van der Waals surface area contributed by atoms with Gasteiger partial charge in [0.1, 0.15) is 6.10 Å². The topological polar surface area (TPSA) is 61.8 Å². The van der Waals surface area contributed by atoms with E-state index < -0.39 is 5.97 Å². The van der Waals surface area contributed by atoms with Crippen LogP contribution in [0.3, 0.4) is 0 Å². The van der Waals surface area contributed by atoms with E-state index in [4.69, 9.17) is 9.47 Å². The van der Waals surface area contributed by atoms with Crippen molar-refractivity contribution in [2.45, 2.75) is 19.4 Å². The lowest BCUT2D eigenvalue weighted by Gasteiger charge is -2.37. The zero-order valence-electron chi connectivity index (χ0n) is 9.26. The van der Waals surface area contributed by atoms with Crippen LogP contribution in [0.2, 0.25) is 0 Å². The quantitative estimate of drug-likeness (QED) is 0.614. The number of carbonyl (C=O) groups excluding carboxylic acids is 2. The SMILES string of the molecule is COC(=O)C1=COC(C)C2COC(=O)CC12. The molecule has 1 saturated heterocycles. The maximum absolute atomic E-state index is 11.5. The first-order valence-electron chi connectivity index (χ1n) is 5.23. The minimum atomic E-state index is -0.434. The summed E-state index contributed by atoms with van der Waals surface area (Å²) in [6, 6.07) is 0. The van der Waals surface area contributed by atoms with Crippen molar-refractivity contribution in [2.24, 2.45) is 11.8 Å². The molecule has 3 unspecified atom stereocenters. The minimum Gasteiger partial charge on any atom is -0.497 e. The molecule has 0 aromatic heterocycles. The summed E-state index contributed by atoms with van der Waals surface area (Å²) in [5, 5.41) is 0. The van der Waals surface area contributed by atoms with Gasteiger partial charge in [0, 0.05) is 11.8 Å². The van der Waals surface area contributed by atoms with Crippen molar-refractivity contribution >= 4 is 11.9 Å². The van der Waals surface area contributed by atoms with Crippen LogP contribution in [0.4, 0.5) is 0 Å². The molecular formula is C11H14O5. The molecule has 88 valence electrons. The molecule has 1 fully saturated rings. The second-order valence-electron chi connectivity index (χ2n) is 4.06. The molecule has 2 aliphatic heterocycles. The summed E-state index contributed by atoms with van der Waals surface area (Å²) < 4.78 is 15.0. The summed E-state index contributed by atoms with van der Waals surface area (Å²) in [5.41, 5.74) is 0.433. The van der Waals surface area contributed by atoms with Gasteiger partial charge in [-0.3, -0.25) is 4.79 Å². The smallest absolute Gasteiger partial charge is 0.337 e. The van der Waals surface area contributed by atoms with Gasteiger partial charge in [-0.25, -0.2) is 4.79 Å². The van der Waals surface area contributed by atoms with E-state index in [0.29, 0.717) is 12.2 Å². The molecule has 2 rings (SSSR count). The Balaban J connectivity index is 2.25. The monoisotopic (exact) mass is 226 g/mol. The molecule has 2 heterocycles. The van der Waals surface area contributed by atoms with E-state index in [2.05, 4.69) is 4.74 Å². The van der Waals surface area contributed by atoms with Crippen LogP contribution in [0, 0.1) is 11.8 Å². The third-order valence-corrected chi connectivity index (χ3v) is 3.17. The Bertz CT molecular complexity index is 346. The van der Waals surface area contributed by atoms with Gasteiger partial charge < -0.3 is 14.2 Å². The molecule has 5 nitrogen and oxygen atoms in total. The van der Waals surface area contributed by atoms with E-state index in [0.717, 1.165) is 0 Å². The second kappa shape index (κ2) is 4.15. The largest absolute Gasteiger partial charge is 0.497 e. The highest BCUT2D eigenvalue weighted by atomic mass is 16.5. The van der Waals surface area contributed by atoms with Gasteiger partial charge in [-0.2, -0.15) is 0 Å². The third-order valence-electron chi connectivity index (χ3n) is 3.17.